The molecule has 0 fully saturated rings. The smallest absolute Gasteiger partial charge is 0.206 e. The van der Waals surface area contributed by atoms with Crippen LogP contribution in [0.5, 0.6) is 0 Å². The van der Waals surface area contributed by atoms with Crippen molar-refractivity contribution in [2.45, 2.75) is 11.8 Å². The lowest BCUT2D eigenvalue weighted by atomic mass is 9.91. The van der Waals surface area contributed by atoms with E-state index in [2.05, 4.69) is 15.9 Å². The van der Waals surface area contributed by atoms with Crippen molar-refractivity contribution < 1.29 is 22.0 Å². The first-order valence-electron chi connectivity index (χ1n) is 4.20. The van der Waals surface area contributed by atoms with E-state index in [9.17, 15) is 22.0 Å². The van der Waals surface area contributed by atoms with Gasteiger partial charge in [-0.05, 0) is 23.8 Å². The van der Waals surface area contributed by atoms with Gasteiger partial charge < -0.3 is 0 Å². The maximum absolute atomic E-state index is 13.3. The molecule has 1 aromatic rings. The van der Waals surface area contributed by atoms with Gasteiger partial charge in [0.2, 0.25) is 0 Å². The van der Waals surface area contributed by atoms with Crippen molar-refractivity contribution in [3.8, 4) is 0 Å². The van der Waals surface area contributed by atoms with Crippen molar-refractivity contribution in [2.75, 3.05) is 0 Å². The molecule has 1 aliphatic rings. The van der Waals surface area contributed by atoms with Gasteiger partial charge in [-0.15, -0.1) is 0 Å². The molecule has 0 N–H and O–H groups in total. The zero-order valence-electron chi connectivity index (χ0n) is 7.58. The molecular weight excluding hydrogens is 295 g/mol. The number of alkyl halides is 4. The van der Waals surface area contributed by atoms with E-state index in [1.54, 1.807) is 0 Å². The van der Waals surface area contributed by atoms with Crippen LogP contribution in [0.2, 0.25) is 0 Å². The molecule has 0 saturated heterocycles. The first kappa shape index (κ1) is 11.6. The monoisotopic (exact) mass is 298 g/mol. The number of fused-ring (bicyclic) bond motifs is 1. The van der Waals surface area contributed by atoms with Crippen LogP contribution in [0.25, 0.3) is 6.08 Å². The van der Waals surface area contributed by atoms with Crippen molar-refractivity contribution in [1.82, 2.24) is 0 Å². The Morgan fingerprint density at radius 2 is 1.69 bits per heavy atom. The van der Waals surface area contributed by atoms with Gasteiger partial charge in [0.25, 0.3) is 0 Å². The maximum Gasteiger partial charge on any atom is 0.342 e. The summed E-state index contributed by atoms with van der Waals surface area (Å²) in [6.07, 6.45) is 0.877. The van der Waals surface area contributed by atoms with Gasteiger partial charge in [0.05, 0.1) is 5.56 Å². The molecule has 0 nitrogen and oxygen atoms in total. The Kier molecular flexibility index (Phi) is 2.38. The van der Waals surface area contributed by atoms with Crippen molar-refractivity contribution >= 4 is 22.0 Å². The zero-order valence-corrected chi connectivity index (χ0v) is 9.16. The quantitative estimate of drug-likeness (QED) is 0.625. The SMILES string of the molecule is Fc1cc(Br)cc2c1C(F)(F)C(F)(F)C=C2. The van der Waals surface area contributed by atoms with Crippen LogP contribution in [0.1, 0.15) is 11.1 Å². The highest BCUT2D eigenvalue weighted by Crippen LogP contribution is 2.49. The second-order valence-electron chi connectivity index (χ2n) is 3.38. The predicted octanol–water partition coefficient (Wildman–Crippen LogP) is 4.34. The fraction of sp³-hybridized carbons (Fsp3) is 0.200. The third-order valence-corrected chi connectivity index (χ3v) is 2.75. The largest absolute Gasteiger partial charge is 0.342 e. The van der Waals surface area contributed by atoms with Gasteiger partial charge in [-0.25, -0.2) is 4.39 Å². The molecule has 0 bridgehead atoms. The molecule has 0 amide bonds. The highest BCUT2D eigenvalue weighted by atomic mass is 79.9. The molecule has 86 valence electrons. The van der Waals surface area contributed by atoms with Crippen molar-refractivity contribution in [3.63, 3.8) is 0 Å². The van der Waals surface area contributed by atoms with E-state index in [1.165, 1.54) is 0 Å². The van der Waals surface area contributed by atoms with Crippen molar-refractivity contribution in [1.29, 1.82) is 0 Å². The van der Waals surface area contributed by atoms with Crippen LogP contribution < -0.4 is 0 Å². The van der Waals surface area contributed by atoms with Crippen LogP contribution in [-0.2, 0) is 5.92 Å². The van der Waals surface area contributed by atoms with Crippen LogP contribution >= 0.6 is 15.9 Å². The first-order chi connectivity index (χ1) is 7.25. The van der Waals surface area contributed by atoms with Gasteiger partial charge in [-0.3, -0.25) is 0 Å². The number of rotatable bonds is 0. The second kappa shape index (κ2) is 3.29. The fourth-order valence-electron chi connectivity index (χ4n) is 1.52. The average Bonchev–Trinajstić information content (AvgIpc) is 2.11. The minimum atomic E-state index is -4.53. The minimum absolute atomic E-state index is 0.0845. The Morgan fingerprint density at radius 3 is 2.31 bits per heavy atom. The Bertz CT molecular complexity index is 478. The van der Waals surface area contributed by atoms with E-state index in [0.29, 0.717) is 0 Å². The summed E-state index contributed by atoms with van der Waals surface area (Å²) in [5, 5.41) is 0. The molecule has 0 spiro atoms. The molecule has 16 heavy (non-hydrogen) atoms. The Hall–Kier alpha value is -0.910. The van der Waals surface area contributed by atoms with Crippen LogP contribution in [0.15, 0.2) is 22.7 Å². The Labute approximate surface area is 95.9 Å². The molecular formula is C10H4BrF5. The number of hydrogen-bond acceptors (Lipinski definition) is 0. The lowest BCUT2D eigenvalue weighted by Gasteiger charge is -2.29. The van der Waals surface area contributed by atoms with Crippen LogP contribution in [-0.4, -0.2) is 5.92 Å². The highest BCUT2D eigenvalue weighted by Gasteiger charge is 2.59. The summed E-state index contributed by atoms with van der Waals surface area (Å²) in [7, 11) is 0. The molecule has 0 aromatic heterocycles. The highest BCUT2D eigenvalue weighted by molar-refractivity contribution is 9.10. The maximum atomic E-state index is 13.3. The van der Waals surface area contributed by atoms with Gasteiger partial charge >= 0.3 is 11.8 Å². The van der Waals surface area contributed by atoms with Crippen molar-refractivity contribution in [2.24, 2.45) is 0 Å². The van der Waals surface area contributed by atoms with Crippen molar-refractivity contribution in [3.05, 3.63) is 39.6 Å². The molecule has 0 saturated carbocycles. The third-order valence-electron chi connectivity index (χ3n) is 2.29. The van der Waals surface area contributed by atoms with Gasteiger partial charge in [-0.2, -0.15) is 17.6 Å². The van der Waals surface area contributed by atoms with Gasteiger partial charge in [0.1, 0.15) is 5.82 Å². The van der Waals surface area contributed by atoms with Crippen LogP contribution in [0, 0.1) is 5.82 Å². The van der Waals surface area contributed by atoms with E-state index in [4.69, 9.17) is 0 Å². The summed E-state index contributed by atoms with van der Waals surface area (Å²) in [4.78, 5) is 0. The standard InChI is InChI=1S/C10H4BrF5/c11-6-3-5-1-2-9(13,14)10(15,16)8(5)7(12)4-6/h1-4H. The summed E-state index contributed by atoms with van der Waals surface area (Å²) < 4.78 is 66.0. The average molecular weight is 299 g/mol. The van der Waals surface area contributed by atoms with Crippen LogP contribution in [0.3, 0.4) is 0 Å². The van der Waals surface area contributed by atoms with E-state index in [-0.39, 0.29) is 16.1 Å². The summed E-state index contributed by atoms with van der Waals surface area (Å²) in [5.74, 6) is -10.2. The number of hydrogen-bond donors (Lipinski definition) is 0. The van der Waals surface area contributed by atoms with Crippen LogP contribution in [0.4, 0.5) is 22.0 Å². The van der Waals surface area contributed by atoms with E-state index < -0.39 is 23.2 Å². The van der Waals surface area contributed by atoms with Gasteiger partial charge in [0, 0.05) is 4.47 Å². The predicted molar refractivity (Wildman–Crippen MR) is 52.0 cm³/mol. The van der Waals surface area contributed by atoms with E-state index in [1.807, 2.05) is 0 Å². The zero-order chi connectivity index (χ0) is 12.1. The number of benzene rings is 1. The van der Waals surface area contributed by atoms with E-state index >= 15 is 0 Å². The van der Waals surface area contributed by atoms with Gasteiger partial charge in [0.15, 0.2) is 0 Å². The number of halogens is 6. The molecule has 1 aromatic carbocycles. The lowest BCUT2D eigenvalue weighted by molar-refractivity contribution is -0.189. The van der Waals surface area contributed by atoms with E-state index in [0.717, 1.165) is 18.2 Å². The molecule has 6 heteroatoms. The summed E-state index contributed by atoms with van der Waals surface area (Å²) in [6, 6.07) is 1.90. The first-order valence-corrected chi connectivity index (χ1v) is 4.99. The molecule has 0 aliphatic heterocycles. The number of allylic oxidation sites excluding steroid dienone is 1. The summed E-state index contributed by atoms with van der Waals surface area (Å²) in [5.41, 5.74) is -1.51. The normalized spacial score (nSPS) is 20.6. The molecule has 1 aliphatic carbocycles. The Balaban J connectivity index is 2.75. The molecule has 2 rings (SSSR count). The lowest BCUT2D eigenvalue weighted by Crippen LogP contribution is -2.39. The Morgan fingerprint density at radius 1 is 1.06 bits per heavy atom. The third kappa shape index (κ3) is 1.47. The van der Waals surface area contributed by atoms with Gasteiger partial charge in [-0.1, -0.05) is 22.0 Å². The molecule has 0 atom stereocenters. The summed E-state index contributed by atoms with van der Waals surface area (Å²) >= 11 is 2.90. The topological polar surface area (TPSA) is 0 Å². The minimum Gasteiger partial charge on any atom is -0.206 e. The molecule has 0 radical (unpaired) electrons. The molecule has 0 unspecified atom stereocenters. The fourth-order valence-corrected chi connectivity index (χ4v) is 1.97. The second-order valence-corrected chi connectivity index (χ2v) is 4.30. The summed E-state index contributed by atoms with van der Waals surface area (Å²) in [6.45, 7) is 0. The molecule has 0 heterocycles.